The number of aromatic carboxylic acids is 1. The molecule has 764 valence electrons. The number of pyridine rings is 3. The van der Waals surface area contributed by atoms with E-state index in [1.54, 1.807) is 82.8 Å². The van der Waals surface area contributed by atoms with Gasteiger partial charge < -0.3 is 64.7 Å². The number of nitrogens with one attached hydrogen (secondary N) is 3. The molecule has 3 aliphatic heterocycles. The normalized spacial score (nSPS) is 13.2. The number of carboxylic acid groups (broad SMARTS) is 1. The maximum absolute atomic E-state index is 13.7. The zero-order valence-corrected chi connectivity index (χ0v) is 84.1. The van der Waals surface area contributed by atoms with Crippen molar-refractivity contribution in [1.82, 2.24) is 74.7 Å². The number of anilines is 3. The molecule has 0 aliphatic carbocycles. The summed E-state index contributed by atoms with van der Waals surface area (Å²) in [6, 6.07) is 43.0. The van der Waals surface area contributed by atoms with Crippen LogP contribution in [0.4, 0.5) is 17.5 Å². The number of carbonyl (C=O) groups is 3. The maximum atomic E-state index is 13.7. The molecule has 0 unspecified atom stereocenters. The number of carboxylic acids is 1. The number of rotatable bonds is 26. The Bertz CT molecular complexity index is 6720. The van der Waals surface area contributed by atoms with E-state index >= 15 is 0 Å². The Hall–Kier alpha value is -12.7. The van der Waals surface area contributed by atoms with Crippen molar-refractivity contribution in [2.75, 3.05) is 152 Å². The second kappa shape index (κ2) is 52.7. The van der Waals surface area contributed by atoms with E-state index in [1.165, 1.54) is 65.4 Å². The van der Waals surface area contributed by atoms with Gasteiger partial charge in [0.25, 0.3) is 11.8 Å². The van der Waals surface area contributed by atoms with E-state index in [-0.39, 0.29) is 70.1 Å². The number of nitrogen functional groups attached to an aromatic ring is 1. The highest BCUT2D eigenvalue weighted by atomic mass is 35.5. The van der Waals surface area contributed by atoms with Gasteiger partial charge in [-0.25, -0.2) is 49.7 Å². The number of methoxy groups -OCH3 is 8. The van der Waals surface area contributed by atoms with Gasteiger partial charge in [-0.15, -0.1) is 0 Å². The maximum Gasteiger partial charge on any atom is 0.337 e. The quantitative estimate of drug-likeness (QED) is 0.0336. The summed E-state index contributed by atoms with van der Waals surface area (Å²) in [5, 5.41) is 20.4. The first-order valence-corrected chi connectivity index (χ1v) is 47.0. The Balaban J connectivity index is 0.000000220. The molecule has 30 nitrogen and oxygen atoms in total. The van der Waals surface area contributed by atoms with E-state index in [0.29, 0.717) is 173 Å². The summed E-state index contributed by atoms with van der Waals surface area (Å²) in [4.78, 5) is 92.4. The van der Waals surface area contributed by atoms with Crippen LogP contribution in [0, 0.1) is 41.5 Å². The Morgan fingerprint density at radius 3 is 0.833 bits per heavy atom. The SMILES string of the molecule is C.C.C.C.C.COc1cc(OC)c(Cl)c(-c2ccc(C(=O)Nc3ccc(CN4CCNCC4)cn3)c3nc(C)c(C)nc23)c1Cl.COc1cc(OC)c(Cl)c(-c2ccc(C(=O)O)c3nc(C)c(C)nc23)c1Cl.COc1ccc(CN2CCN(Cc3ccc(N)nc3)CC2)cc1.COc1ccc(CN2CCN(Cc3ccc(NC(=O)c4ccc(-c5c(Cl)c(OC)cc(OC)c5Cl)c5nc(C)c(C)nc45)nc3)CC2)cc1. The summed E-state index contributed by atoms with van der Waals surface area (Å²) in [6.45, 7) is 27.7. The number of amides is 2. The molecule has 0 saturated carbocycles. The van der Waals surface area contributed by atoms with E-state index in [1.807, 2.05) is 94.7 Å². The summed E-state index contributed by atoms with van der Waals surface area (Å²) in [5.41, 5.74) is 22.1. The van der Waals surface area contributed by atoms with Crippen LogP contribution in [0.15, 0.2) is 158 Å². The van der Waals surface area contributed by atoms with Crippen molar-refractivity contribution in [3.63, 3.8) is 0 Å². The van der Waals surface area contributed by atoms with Gasteiger partial charge in [0.05, 0.1) is 154 Å². The molecule has 8 aromatic carbocycles. The fourth-order valence-electron chi connectivity index (χ4n) is 16.3. The van der Waals surface area contributed by atoms with Crippen molar-refractivity contribution in [1.29, 1.82) is 0 Å². The molecule has 0 radical (unpaired) electrons. The second-order valence-electron chi connectivity index (χ2n) is 33.3. The summed E-state index contributed by atoms with van der Waals surface area (Å²) < 4.78 is 43.0. The number of benzene rings is 8. The lowest BCUT2D eigenvalue weighted by Gasteiger charge is -2.34. The third kappa shape index (κ3) is 27.1. The van der Waals surface area contributed by atoms with Crippen LogP contribution in [0.25, 0.3) is 66.5 Å². The van der Waals surface area contributed by atoms with Crippen LogP contribution in [0.5, 0.6) is 46.0 Å². The summed E-state index contributed by atoms with van der Waals surface area (Å²) >= 11 is 40.0. The van der Waals surface area contributed by atoms with Gasteiger partial charge >= 0.3 is 5.97 Å². The number of hydrogen-bond acceptors (Lipinski definition) is 27. The Morgan fingerprint density at radius 1 is 0.326 bits per heavy atom. The predicted octanol–water partition coefficient (Wildman–Crippen LogP) is 22.6. The third-order valence-corrected chi connectivity index (χ3v) is 26.7. The van der Waals surface area contributed by atoms with Crippen LogP contribution in [-0.2, 0) is 32.7 Å². The summed E-state index contributed by atoms with van der Waals surface area (Å²) in [7, 11) is 12.4. The number of hydrogen-bond donors (Lipinski definition) is 5. The molecule has 9 heterocycles. The third-order valence-electron chi connectivity index (χ3n) is 24.4. The van der Waals surface area contributed by atoms with Gasteiger partial charge in [0.15, 0.2) is 0 Å². The molecule has 17 rings (SSSR count). The largest absolute Gasteiger partial charge is 0.497 e. The summed E-state index contributed by atoms with van der Waals surface area (Å²) in [6.07, 6.45) is 5.49. The van der Waals surface area contributed by atoms with Crippen molar-refractivity contribution < 1.29 is 57.4 Å². The van der Waals surface area contributed by atoms with E-state index in [4.69, 9.17) is 133 Å². The molecule has 14 aromatic rings. The van der Waals surface area contributed by atoms with E-state index in [9.17, 15) is 19.5 Å². The van der Waals surface area contributed by atoms with Gasteiger partial charge in [0, 0.05) is 181 Å². The molecule has 6 aromatic heterocycles. The number of carbonyl (C=O) groups excluding carboxylic acids is 2. The monoisotopic (exact) mass is 2080 g/mol. The number of fused-ring (bicyclic) bond motifs is 3. The highest BCUT2D eigenvalue weighted by Crippen LogP contribution is 2.51. The van der Waals surface area contributed by atoms with Crippen molar-refractivity contribution >= 4 is 138 Å². The Morgan fingerprint density at radius 2 is 0.576 bits per heavy atom. The molecule has 2 amide bonds. The lowest BCUT2D eigenvalue weighted by Crippen LogP contribution is -2.45. The molecule has 6 N–H and O–H groups in total. The minimum absolute atomic E-state index is 0. The highest BCUT2D eigenvalue weighted by Gasteiger charge is 2.31. The van der Waals surface area contributed by atoms with Gasteiger partial charge in [-0.1, -0.05) is 167 Å². The molecule has 3 fully saturated rings. The van der Waals surface area contributed by atoms with Gasteiger partial charge in [-0.05, 0) is 130 Å². The first-order chi connectivity index (χ1) is 67.0. The molecule has 36 heteroatoms. The molecule has 0 spiro atoms. The van der Waals surface area contributed by atoms with Crippen molar-refractivity contribution in [3.05, 3.63) is 267 Å². The van der Waals surface area contributed by atoms with Crippen LogP contribution >= 0.6 is 69.6 Å². The zero-order valence-electron chi connectivity index (χ0n) is 79.6. The number of nitrogens with zero attached hydrogens (tertiary/aromatic N) is 14. The fourth-order valence-corrected chi connectivity index (χ4v) is 18.4. The van der Waals surface area contributed by atoms with Gasteiger partial charge in [0.1, 0.15) is 80.0 Å². The number of halogens is 6. The molecular formula is C108H128Cl6N18O12. The number of piperazine rings is 3. The molecule has 3 aliphatic rings. The zero-order chi connectivity index (χ0) is 99.0. The van der Waals surface area contributed by atoms with Gasteiger partial charge in [-0.2, -0.15) is 0 Å². The minimum atomic E-state index is -1.09. The molecule has 144 heavy (non-hydrogen) atoms. The Kier molecular flexibility index (Phi) is 42.1. The minimum Gasteiger partial charge on any atom is -0.497 e. The summed E-state index contributed by atoms with van der Waals surface area (Å²) in [5.74, 6) is 3.79. The predicted molar refractivity (Wildman–Crippen MR) is 582 cm³/mol. The molecule has 0 atom stereocenters. The lowest BCUT2D eigenvalue weighted by atomic mass is 9.99. The molecule has 0 bridgehead atoms. The molecule has 3 saturated heterocycles. The van der Waals surface area contributed by atoms with Crippen molar-refractivity contribution in [2.24, 2.45) is 0 Å². The first kappa shape index (κ1) is 115. The number of aromatic nitrogens is 9. The van der Waals surface area contributed by atoms with Crippen molar-refractivity contribution in [2.45, 2.75) is 111 Å². The standard InChI is InChI=1S/C37H38Cl2N6O4.C29H30Cl2N6O3.C19H16Cl2N2O4.C18H24N4O.5CH4/c1-22-23(2)42-36-28(12-11-27(35(36)41-22)32-33(38)29(48-4)18-30(49-5)34(32)39)37(46)43-31-13-8-25(19-40-31)21-45-16-14-44(15-17-45)20-24-6-9-26(47-3)10-7-24;1-16-17(2)35-28-20(29(38)36-23-8-5-18(14-33-23)15-37-11-9-32-10-12-37)7-6-19(27(28)34-16)24-25(30)21(39-3)13-22(40-4)26(24)31;1-8-9(2)23-18-11(19(24)25)6-5-10(17(18)22-8)14-15(20)12(26-3)7-13(27-4)16(14)21;1-23-17-5-2-15(3-6-17)13-21-8-10-22(11-9-21)14-16-4-7-18(19)20-12-16;;;;;/h6-13,18-19H,14-17,20-21H2,1-5H3,(H,40,43,46);5-8,13-14,32H,9-12,15H2,1-4H3,(H,33,36,38);5-7H,1-4H3,(H,24,25);2-7,12H,8-11,13-14H2,1H3,(H2,19,20);5*1H4. The Labute approximate surface area is 873 Å². The van der Waals surface area contributed by atoms with Crippen LogP contribution in [0.3, 0.4) is 0 Å². The van der Waals surface area contributed by atoms with Crippen LogP contribution in [0.1, 0.15) is 130 Å². The number of nitrogens with two attached hydrogens (primary N) is 1. The topological polar surface area (TPSA) is 340 Å². The average Bonchev–Trinajstić information content (AvgIpc) is 0.753. The first-order valence-electron chi connectivity index (χ1n) is 44.7. The van der Waals surface area contributed by atoms with Gasteiger partial charge in [-0.3, -0.25) is 34.1 Å². The average molecular weight is 2080 g/mol. The van der Waals surface area contributed by atoms with Crippen molar-refractivity contribution in [3.8, 4) is 79.4 Å². The number of aryl methyl sites for hydroxylation is 6. The number of ether oxygens (including phenoxy) is 8. The van der Waals surface area contributed by atoms with Crippen LogP contribution < -0.4 is 59.6 Å². The van der Waals surface area contributed by atoms with Crippen LogP contribution in [-0.4, -0.2) is 228 Å². The highest BCUT2D eigenvalue weighted by molar-refractivity contribution is 6.43. The van der Waals surface area contributed by atoms with Crippen LogP contribution in [0.2, 0.25) is 30.1 Å². The van der Waals surface area contributed by atoms with E-state index in [2.05, 4.69) is 95.7 Å². The smallest absolute Gasteiger partial charge is 0.337 e. The second-order valence-corrected chi connectivity index (χ2v) is 35.6. The fraction of sp³-hybridized carbons (Fsp3) is 0.333. The van der Waals surface area contributed by atoms with E-state index in [0.717, 1.165) is 140 Å². The lowest BCUT2D eigenvalue weighted by molar-refractivity contribution is 0.0698. The van der Waals surface area contributed by atoms with E-state index < -0.39 is 5.97 Å². The van der Waals surface area contributed by atoms with Gasteiger partial charge in [0.2, 0.25) is 0 Å². The molecular weight excluding hydrogens is 1950 g/mol.